The molecule has 4 heterocycles. The highest BCUT2D eigenvalue weighted by molar-refractivity contribution is 6.09. The first-order valence-electron chi connectivity index (χ1n) is 16.1. The smallest absolute Gasteiger partial charge is 0.280 e. The van der Waals surface area contributed by atoms with Crippen LogP contribution in [0.25, 0.3) is 21.8 Å². The third-order valence-corrected chi connectivity index (χ3v) is 10.5. The SMILES string of the molecule is Cc1nc2ccccc2c(=O)n1N1[C@@H](c2ccccc2)[C@@]12CCC[C@]1(C2=O)[C@H](c2ccccc2)N1n1c(C)nc2ccccc2c1=O. The number of rotatable bonds is 4. The van der Waals surface area contributed by atoms with Crippen LogP contribution < -0.4 is 21.1 Å². The standard InChI is InChI=1S/C38H32N6O3/c1-24-39-30-20-11-9-18-28(30)34(45)41(24)43-32(26-14-5-3-6-15-26)37(43)22-13-23-38(36(37)47)33(27-16-7-4-8-17-27)44(38)42-25(2)40-31-21-12-10-19-29(31)35(42)46/h3-12,14-21,32-33H,13,22-23H2,1-2H3/t32-,33-,37+,38+,43?,44?/m0/s1. The highest BCUT2D eigenvalue weighted by Gasteiger charge is 2.82. The lowest BCUT2D eigenvalue weighted by Crippen LogP contribution is -2.52. The van der Waals surface area contributed by atoms with Crippen LogP contribution in [-0.2, 0) is 4.79 Å². The first kappa shape index (κ1) is 27.7. The van der Waals surface area contributed by atoms with Crippen LogP contribution in [0.4, 0.5) is 0 Å². The molecule has 0 bridgehead atoms. The Morgan fingerprint density at radius 3 is 1.36 bits per heavy atom. The number of carbonyl (C=O) groups excluding carboxylic acids is 1. The van der Waals surface area contributed by atoms with Gasteiger partial charge in [-0.25, -0.2) is 19.3 Å². The summed E-state index contributed by atoms with van der Waals surface area (Å²) in [5, 5.41) is 4.94. The van der Waals surface area contributed by atoms with Crippen LogP contribution in [0.5, 0.6) is 0 Å². The lowest BCUT2D eigenvalue weighted by atomic mass is 9.73. The van der Waals surface area contributed by atoms with E-state index < -0.39 is 11.1 Å². The van der Waals surface area contributed by atoms with Gasteiger partial charge in [-0.15, -0.1) is 0 Å². The number of Topliss-reactive ketones (excluding diaryl/α,β-unsaturated/α-hetero) is 1. The van der Waals surface area contributed by atoms with Gasteiger partial charge in [-0.3, -0.25) is 24.4 Å². The van der Waals surface area contributed by atoms with Crippen LogP contribution >= 0.6 is 0 Å². The molecule has 3 aliphatic rings. The fourth-order valence-electron chi connectivity index (χ4n) is 8.49. The number of ketones is 1. The van der Waals surface area contributed by atoms with Crippen LogP contribution in [0.2, 0.25) is 0 Å². The van der Waals surface area contributed by atoms with Gasteiger partial charge >= 0.3 is 0 Å². The second-order valence-electron chi connectivity index (χ2n) is 12.9. The molecule has 232 valence electrons. The summed E-state index contributed by atoms with van der Waals surface area (Å²) in [7, 11) is 0. The van der Waals surface area contributed by atoms with E-state index in [4.69, 9.17) is 9.97 Å². The molecule has 1 aliphatic carbocycles. The molecule has 9 nitrogen and oxygen atoms in total. The molecule has 0 N–H and O–H groups in total. The number of fused-ring (bicyclic) bond motifs is 2. The highest BCUT2D eigenvalue weighted by Crippen LogP contribution is 2.66. The number of hydrogen-bond donors (Lipinski definition) is 0. The molecule has 9 rings (SSSR count). The normalized spacial score (nSPS) is 24.9. The average Bonchev–Trinajstić information content (AvgIpc) is 3.95. The van der Waals surface area contributed by atoms with Crippen molar-refractivity contribution in [2.24, 2.45) is 0 Å². The molecular formula is C38H32N6O3. The first-order chi connectivity index (χ1) is 22.9. The van der Waals surface area contributed by atoms with Crippen LogP contribution in [0.3, 0.4) is 0 Å². The molecule has 47 heavy (non-hydrogen) atoms. The summed E-state index contributed by atoms with van der Waals surface area (Å²) >= 11 is 0. The van der Waals surface area contributed by atoms with Crippen molar-refractivity contribution in [2.75, 3.05) is 10.0 Å². The van der Waals surface area contributed by atoms with Crippen LogP contribution in [0, 0.1) is 13.8 Å². The Morgan fingerprint density at radius 1 is 0.553 bits per heavy atom. The van der Waals surface area contributed by atoms with Crippen molar-refractivity contribution in [3.8, 4) is 0 Å². The van der Waals surface area contributed by atoms with E-state index in [1.165, 1.54) is 0 Å². The summed E-state index contributed by atoms with van der Waals surface area (Å²) in [5.41, 5.74) is 0.752. The molecule has 3 fully saturated rings. The third kappa shape index (κ3) is 3.62. The number of benzene rings is 4. The summed E-state index contributed by atoms with van der Waals surface area (Å²) in [6.07, 6.45) is 1.88. The zero-order chi connectivity index (χ0) is 32.1. The molecule has 2 aliphatic heterocycles. The molecule has 0 unspecified atom stereocenters. The summed E-state index contributed by atoms with van der Waals surface area (Å²) in [6, 6.07) is 33.8. The van der Waals surface area contributed by atoms with Crippen LogP contribution in [-0.4, -0.2) is 36.2 Å². The lowest BCUT2D eigenvalue weighted by molar-refractivity contribution is -0.125. The van der Waals surface area contributed by atoms with Gasteiger partial charge in [0.15, 0.2) is 5.78 Å². The van der Waals surface area contributed by atoms with E-state index in [0.29, 0.717) is 46.3 Å². The second-order valence-corrected chi connectivity index (χ2v) is 12.9. The number of hydrogen-bond acceptors (Lipinski definition) is 7. The predicted octanol–water partition coefficient (Wildman–Crippen LogP) is 5.04. The molecule has 1 saturated carbocycles. The number of carbonyl (C=O) groups is 1. The Balaban J connectivity index is 1.26. The average molecular weight is 621 g/mol. The Hall–Kier alpha value is -5.57. The number of nitrogens with zero attached hydrogens (tertiary/aromatic N) is 6. The van der Waals surface area contributed by atoms with Crippen molar-refractivity contribution >= 4 is 27.6 Å². The maximum Gasteiger partial charge on any atom is 0.280 e. The molecule has 2 aromatic heterocycles. The molecule has 2 saturated heterocycles. The fourth-order valence-corrected chi connectivity index (χ4v) is 8.49. The van der Waals surface area contributed by atoms with Crippen molar-refractivity contribution in [3.05, 3.63) is 153 Å². The first-order valence-corrected chi connectivity index (χ1v) is 16.1. The quantitative estimate of drug-likeness (QED) is 0.255. The van der Waals surface area contributed by atoms with E-state index >= 15 is 4.79 Å². The predicted molar refractivity (Wildman–Crippen MR) is 181 cm³/mol. The number of para-hydroxylation sites is 2. The lowest BCUT2D eigenvalue weighted by Gasteiger charge is -2.30. The Bertz CT molecular complexity index is 2210. The molecule has 2 spiro atoms. The molecule has 0 radical (unpaired) electrons. The van der Waals surface area contributed by atoms with Crippen LogP contribution in [0.15, 0.2) is 119 Å². The van der Waals surface area contributed by atoms with Gasteiger partial charge < -0.3 is 0 Å². The van der Waals surface area contributed by atoms with Crippen molar-refractivity contribution in [1.29, 1.82) is 0 Å². The number of aromatic nitrogens is 4. The Labute approximate surface area is 270 Å². The monoisotopic (exact) mass is 620 g/mol. The van der Waals surface area contributed by atoms with E-state index in [-0.39, 0.29) is 29.0 Å². The Morgan fingerprint density at radius 2 is 0.936 bits per heavy atom. The summed E-state index contributed by atoms with van der Waals surface area (Å²) in [4.78, 5) is 53.7. The fraction of sp³-hybridized carbons (Fsp3) is 0.237. The molecule has 6 aromatic rings. The van der Waals surface area contributed by atoms with Gasteiger partial charge in [-0.05, 0) is 68.5 Å². The third-order valence-electron chi connectivity index (χ3n) is 10.5. The topological polar surface area (TPSA) is 92.9 Å². The minimum absolute atomic E-state index is 0.0119. The summed E-state index contributed by atoms with van der Waals surface area (Å²) in [6.45, 7) is 3.65. The van der Waals surface area contributed by atoms with Crippen molar-refractivity contribution in [1.82, 2.24) is 19.3 Å². The van der Waals surface area contributed by atoms with Gasteiger partial charge in [0.05, 0.1) is 21.8 Å². The second kappa shape index (κ2) is 9.72. The van der Waals surface area contributed by atoms with Gasteiger partial charge in [0.25, 0.3) is 11.1 Å². The summed E-state index contributed by atoms with van der Waals surface area (Å²) in [5.74, 6) is 1.06. The zero-order valence-corrected chi connectivity index (χ0v) is 26.1. The van der Waals surface area contributed by atoms with Crippen molar-refractivity contribution in [2.45, 2.75) is 56.3 Å². The summed E-state index contributed by atoms with van der Waals surface area (Å²) < 4.78 is 3.24. The van der Waals surface area contributed by atoms with Crippen molar-refractivity contribution < 1.29 is 4.79 Å². The molecule has 4 aromatic carbocycles. The van der Waals surface area contributed by atoms with E-state index in [9.17, 15) is 9.59 Å². The van der Waals surface area contributed by atoms with Gasteiger partial charge in [-0.1, -0.05) is 84.9 Å². The minimum atomic E-state index is -1.01. The van der Waals surface area contributed by atoms with E-state index in [1.54, 1.807) is 21.5 Å². The maximum atomic E-state index is 15.6. The van der Waals surface area contributed by atoms with Crippen LogP contribution in [0.1, 0.15) is 54.1 Å². The molecule has 4 atom stereocenters. The van der Waals surface area contributed by atoms with E-state index in [0.717, 1.165) is 17.5 Å². The molecular weight excluding hydrogens is 588 g/mol. The minimum Gasteiger partial charge on any atom is -0.294 e. The van der Waals surface area contributed by atoms with Gasteiger partial charge in [0.2, 0.25) is 0 Å². The van der Waals surface area contributed by atoms with E-state index in [1.807, 2.05) is 121 Å². The highest BCUT2D eigenvalue weighted by atomic mass is 16.2. The van der Waals surface area contributed by atoms with Gasteiger partial charge in [-0.2, -0.15) is 0 Å². The van der Waals surface area contributed by atoms with Crippen molar-refractivity contribution in [3.63, 3.8) is 0 Å². The Kier molecular flexibility index (Phi) is 5.73. The zero-order valence-electron chi connectivity index (χ0n) is 26.1. The maximum absolute atomic E-state index is 15.6. The van der Waals surface area contributed by atoms with Gasteiger partial charge in [0.1, 0.15) is 34.8 Å². The van der Waals surface area contributed by atoms with E-state index in [2.05, 4.69) is 0 Å². The van der Waals surface area contributed by atoms with Gasteiger partial charge in [0, 0.05) is 0 Å². The number of aryl methyl sites for hydroxylation is 2. The molecule has 0 amide bonds. The molecule has 9 heteroatoms. The largest absolute Gasteiger partial charge is 0.294 e.